The summed E-state index contributed by atoms with van der Waals surface area (Å²) in [6, 6.07) is 27.0. The highest BCUT2D eigenvalue weighted by atomic mass is 16.5. The number of nitrogens with zero attached hydrogens (tertiary/aromatic N) is 2. The van der Waals surface area contributed by atoms with Crippen molar-refractivity contribution in [2.24, 2.45) is 0 Å². The highest BCUT2D eigenvalue weighted by molar-refractivity contribution is 5.85. The van der Waals surface area contributed by atoms with Crippen molar-refractivity contribution in [1.82, 2.24) is 9.88 Å². The molecule has 1 unspecified atom stereocenters. The van der Waals surface area contributed by atoms with Gasteiger partial charge >= 0.3 is 0 Å². The van der Waals surface area contributed by atoms with Gasteiger partial charge < -0.3 is 19.5 Å². The SMILES string of the molecule is COc1ccc(N2CCN(C(=O)CC(Cc3ccccc3)c3c[nH]c4ccccc34)CC2)cc1. The Hall–Kier alpha value is -3.73. The number of nitrogens with one attached hydrogen (secondary N) is 1. The van der Waals surface area contributed by atoms with Gasteiger partial charge in [0.2, 0.25) is 5.91 Å². The van der Waals surface area contributed by atoms with Crippen LogP contribution in [0.15, 0.2) is 85.1 Å². The smallest absolute Gasteiger partial charge is 0.223 e. The third-order valence-corrected chi connectivity index (χ3v) is 6.88. The van der Waals surface area contributed by atoms with Crippen molar-refractivity contribution in [3.05, 3.63) is 96.2 Å². The molecule has 0 aliphatic carbocycles. The van der Waals surface area contributed by atoms with Crippen LogP contribution in [0.1, 0.15) is 23.5 Å². The summed E-state index contributed by atoms with van der Waals surface area (Å²) < 4.78 is 5.27. The molecule has 4 aromatic rings. The number of methoxy groups -OCH3 is 1. The maximum absolute atomic E-state index is 13.4. The van der Waals surface area contributed by atoms with Gasteiger partial charge in [0, 0.05) is 55.4 Å². The van der Waals surface area contributed by atoms with Crippen molar-refractivity contribution in [2.75, 3.05) is 38.2 Å². The zero-order valence-electron chi connectivity index (χ0n) is 19.6. The number of carbonyl (C=O) groups is 1. The standard InChI is InChI=1S/C29H31N3O2/c1-34-25-13-11-24(12-14-25)31-15-17-32(18-16-31)29(33)20-23(19-22-7-3-2-4-8-22)27-21-30-28-10-6-5-9-26(27)28/h2-14,21,23,30H,15-20H2,1H3. The van der Waals surface area contributed by atoms with E-state index in [1.165, 1.54) is 22.2 Å². The molecular formula is C29H31N3O2. The van der Waals surface area contributed by atoms with Crippen molar-refractivity contribution in [2.45, 2.75) is 18.8 Å². The van der Waals surface area contributed by atoms with Crippen LogP contribution in [0.5, 0.6) is 5.75 Å². The second kappa shape index (κ2) is 10.0. The number of H-pyrrole nitrogens is 1. The van der Waals surface area contributed by atoms with E-state index in [4.69, 9.17) is 4.74 Å². The molecule has 5 nitrogen and oxygen atoms in total. The molecule has 3 aromatic carbocycles. The summed E-state index contributed by atoms with van der Waals surface area (Å²) in [4.78, 5) is 21.2. The van der Waals surface area contributed by atoms with Crippen LogP contribution in [0.2, 0.25) is 0 Å². The zero-order chi connectivity index (χ0) is 23.3. The van der Waals surface area contributed by atoms with E-state index in [2.05, 4.69) is 70.7 Å². The number of aromatic amines is 1. The fourth-order valence-electron chi connectivity index (χ4n) is 4.97. The monoisotopic (exact) mass is 453 g/mol. The van der Waals surface area contributed by atoms with Gasteiger partial charge in [-0.05, 0) is 53.8 Å². The van der Waals surface area contributed by atoms with E-state index >= 15 is 0 Å². The number of rotatable bonds is 7. The van der Waals surface area contributed by atoms with Gasteiger partial charge in [-0.2, -0.15) is 0 Å². The summed E-state index contributed by atoms with van der Waals surface area (Å²) >= 11 is 0. The van der Waals surface area contributed by atoms with E-state index in [1.807, 2.05) is 29.2 Å². The molecule has 2 heterocycles. The van der Waals surface area contributed by atoms with Gasteiger partial charge in [-0.25, -0.2) is 0 Å². The van der Waals surface area contributed by atoms with Gasteiger partial charge in [0.15, 0.2) is 0 Å². The highest BCUT2D eigenvalue weighted by Crippen LogP contribution is 2.32. The van der Waals surface area contributed by atoms with E-state index in [0.29, 0.717) is 6.42 Å². The topological polar surface area (TPSA) is 48.6 Å². The minimum absolute atomic E-state index is 0.130. The quantitative estimate of drug-likeness (QED) is 0.416. The molecule has 0 saturated carbocycles. The fraction of sp³-hybridized carbons (Fsp3) is 0.276. The Morgan fingerprint density at radius 3 is 2.35 bits per heavy atom. The van der Waals surface area contributed by atoms with E-state index in [0.717, 1.165) is 43.9 Å². The van der Waals surface area contributed by atoms with E-state index < -0.39 is 0 Å². The van der Waals surface area contributed by atoms with E-state index in [-0.39, 0.29) is 11.8 Å². The number of anilines is 1. The van der Waals surface area contributed by atoms with Crippen LogP contribution >= 0.6 is 0 Å². The fourth-order valence-corrected chi connectivity index (χ4v) is 4.97. The molecule has 1 aliphatic heterocycles. The molecule has 1 amide bonds. The summed E-state index contributed by atoms with van der Waals surface area (Å²) in [5.74, 6) is 1.23. The number of carbonyl (C=O) groups excluding carboxylic acids is 1. The second-order valence-electron chi connectivity index (χ2n) is 8.95. The average Bonchev–Trinajstić information content (AvgIpc) is 3.33. The maximum Gasteiger partial charge on any atom is 0.223 e. The number of fused-ring (bicyclic) bond motifs is 1. The van der Waals surface area contributed by atoms with Crippen molar-refractivity contribution in [3.8, 4) is 5.75 Å². The lowest BCUT2D eigenvalue weighted by Gasteiger charge is -2.36. The Morgan fingerprint density at radius 1 is 0.912 bits per heavy atom. The first-order chi connectivity index (χ1) is 16.7. The van der Waals surface area contributed by atoms with Crippen LogP contribution in [0.4, 0.5) is 5.69 Å². The molecule has 5 rings (SSSR count). The first-order valence-corrected chi connectivity index (χ1v) is 12.0. The number of hydrogen-bond acceptors (Lipinski definition) is 3. The van der Waals surface area contributed by atoms with E-state index in [9.17, 15) is 4.79 Å². The van der Waals surface area contributed by atoms with Crippen LogP contribution < -0.4 is 9.64 Å². The predicted molar refractivity (Wildman–Crippen MR) is 138 cm³/mol. The largest absolute Gasteiger partial charge is 0.497 e. The lowest BCUT2D eigenvalue weighted by molar-refractivity contribution is -0.131. The van der Waals surface area contributed by atoms with Gasteiger partial charge in [-0.1, -0.05) is 48.5 Å². The average molecular weight is 454 g/mol. The van der Waals surface area contributed by atoms with Crippen LogP contribution in [0.25, 0.3) is 10.9 Å². The first kappa shape index (κ1) is 22.1. The molecular weight excluding hydrogens is 422 g/mol. The minimum Gasteiger partial charge on any atom is -0.497 e. The number of piperazine rings is 1. The third-order valence-electron chi connectivity index (χ3n) is 6.88. The van der Waals surface area contributed by atoms with Crippen LogP contribution in [-0.4, -0.2) is 49.1 Å². The van der Waals surface area contributed by atoms with Crippen LogP contribution in [0, 0.1) is 0 Å². The lowest BCUT2D eigenvalue weighted by atomic mass is 9.88. The van der Waals surface area contributed by atoms with Crippen molar-refractivity contribution in [3.63, 3.8) is 0 Å². The number of ether oxygens (including phenoxy) is 1. The molecule has 0 bridgehead atoms. The van der Waals surface area contributed by atoms with Gasteiger partial charge in [0.05, 0.1) is 7.11 Å². The molecule has 174 valence electrons. The molecule has 1 aliphatic rings. The molecule has 0 spiro atoms. The first-order valence-electron chi connectivity index (χ1n) is 12.0. The maximum atomic E-state index is 13.4. The van der Waals surface area contributed by atoms with Gasteiger partial charge in [-0.3, -0.25) is 4.79 Å². The Kier molecular flexibility index (Phi) is 6.52. The van der Waals surface area contributed by atoms with Crippen LogP contribution in [0.3, 0.4) is 0 Å². The normalized spacial score (nSPS) is 14.9. The van der Waals surface area contributed by atoms with Gasteiger partial charge in [0.1, 0.15) is 5.75 Å². The highest BCUT2D eigenvalue weighted by Gasteiger charge is 2.26. The number of benzene rings is 3. The molecule has 1 fully saturated rings. The van der Waals surface area contributed by atoms with E-state index in [1.54, 1.807) is 7.11 Å². The molecule has 0 radical (unpaired) electrons. The Balaban J connectivity index is 1.29. The molecule has 1 saturated heterocycles. The van der Waals surface area contributed by atoms with Gasteiger partial charge in [0.25, 0.3) is 0 Å². The Labute approximate surface area is 201 Å². The number of hydrogen-bond donors (Lipinski definition) is 1. The molecule has 34 heavy (non-hydrogen) atoms. The Bertz CT molecular complexity index is 1230. The van der Waals surface area contributed by atoms with Crippen LogP contribution in [-0.2, 0) is 11.2 Å². The number of amides is 1. The lowest BCUT2D eigenvalue weighted by Crippen LogP contribution is -2.49. The summed E-state index contributed by atoms with van der Waals surface area (Å²) in [6.07, 6.45) is 3.45. The molecule has 1 atom stereocenters. The Morgan fingerprint density at radius 2 is 1.62 bits per heavy atom. The second-order valence-corrected chi connectivity index (χ2v) is 8.95. The summed E-state index contributed by atoms with van der Waals surface area (Å²) in [5.41, 5.74) is 4.78. The number of aromatic nitrogens is 1. The molecule has 5 heteroatoms. The summed E-state index contributed by atoms with van der Waals surface area (Å²) in [6.45, 7) is 3.18. The molecule has 1 aromatic heterocycles. The minimum atomic E-state index is 0.130. The van der Waals surface area contributed by atoms with Crippen molar-refractivity contribution >= 4 is 22.5 Å². The van der Waals surface area contributed by atoms with Crippen molar-refractivity contribution < 1.29 is 9.53 Å². The number of para-hydroxylation sites is 1. The van der Waals surface area contributed by atoms with Gasteiger partial charge in [-0.15, -0.1) is 0 Å². The zero-order valence-corrected chi connectivity index (χ0v) is 19.6. The summed E-state index contributed by atoms with van der Waals surface area (Å²) in [5, 5.41) is 1.21. The third kappa shape index (κ3) is 4.79. The summed E-state index contributed by atoms with van der Waals surface area (Å²) in [7, 11) is 1.68. The van der Waals surface area contributed by atoms with Crippen molar-refractivity contribution in [1.29, 1.82) is 0 Å². The predicted octanol–water partition coefficient (Wildman–Crippen LogP) is 5.24. The molecule has 1 N–H and O–H groups in total.